The van der Waals surface area contributed by atoms with Crippen molar-refractivity contribution in [2.24, 2.45) is 0 Å². The van der Waals surface area contributed by atoms with Crippen LogP contribution in [-0.4, -0.2) is 35.7 Å². The van der Waals surface area contributed by atoms with E-state index >= 15 is 0 Å². The molecule has 0 radical (unpaired) electrons. The van der Waals surface area contributed by atoms with Gasteiger partial charge in [0.05, 0.1) is 11.2 Å². The van der Waals surface area contributed by atoms with Gasteiger partial charge < -0.3 is 15.4 Å². The Hall–Kier alpha value is -1.63. The molecule has 0 aliphatic carbocycles. The molecule has 1 aromatic rings. The number of ether oxygens (including phenoxy) is 1. The molecule has 0 aromatic carbocycles. The zero-order chi connectivity index (χ0) is 14.5. The molecule has 6 nitrogen and oxygen atoms in total. The molecular formula is C12H19N3O3S. The highest BCUT2D eigenvalue weighted by Gasteiger charge is 2.24. The lowest BCUT2D eigenvalue weighted by Crippen LogP contribution is -2.48. The van der Waals surface area contributed by atoms with Crippen molar-refractivity contribution in [1.29, 1.82) is 0 Å². The number of nitrogens with zero attached hydrogens (tertiary/aromatic N) is 1. The van der Waals surface area contributed by atoms with Crippen LogP contribution in [0.25, 0.3) is 0 Å². The predicted octanol–water partition coefficient (Wildman–Crippen LogP) is 1.32. The Morgan fingerprint density at radius 2 is 2.16 bits per heavy atom. The number of carbonyl (C=O) groups is 2. The number of thiazole rings is 1. The number of carbonyl (C=O) groups excluding carboxylic acids is 2. The van der Waals surface area contributed by atoms with Crippen LogP contribution in [-0.2, 0) is 16.0 Å². The van der Waals surface area contributed by atoms with Gasteiger partial charge in [0.25, 0.3) is 0 Å². The summed E-state index contributed by atoms with van der Waals surface area (Å²) < 4.78 is 5.13. The van der Waals surface area contributed by atoms with Gasteiger partial charge in [0.2, 0.25) is 5.91 Å². The van der Waals surface area contributed by atoms with Crippen LogP contribution in [0, 0.1) is 0 Å². The Bertz CT molecular complexity index is 426. The van der Waals surface area contributed by atoms with Gasteiger partial charge in [0.15, 0.2) is 0 Å². The summed E-state index contributed by atoms with van der Waals surface area (Å²) in [6, 6.07) is -0.693. The highest BCUT2D eigenvalue weighted by molar-refractivity contribution is 7.07. The van der Waals surface area contributed by atoms with Crippen LogP contribution in [0.1, 0.15) is 26.5 Å². The van der Waals surface area contributed by atoms with E-state index in [1.807, 2.05) is 5.38 Å². The van der Waals surface area contributed by atoms with Crippen LogP contribution < -0.4 is 10.6 Å². The van der Waals surface area contributed by atoms with Crippen molar-refractivity contribution in [3.05, 3.63) is 16.6 Å². The van der Waals surface area contributed by atoms with E-state index in [1.54, 1.807) is 26.3 Å². The lowest BCUT2D eigenvalue weighted by molar-refractivity contribution is -0.122. The molecule has 1 heterocycles. The van der Waals surface area contributed by atoms with Crippen molar-refractivity contribution in [3.8, 4) is 0 Å². The molecule has 0 saturated carbocycles. The van der Waals surface area contributed by atoms with E-state index in [9.17, 15) is 9.59 Å². The maximum Gasteiger partial charge on any atom is 0.408 e. The van der Waals surface area contributed by atoms with Crippen LogP contribution in [0.4, 0.5) is 4.79 Å². The van der Waals surface area contributed by atoms with Crippen molar-refractivity contribution < 1.29 is 14.3 Å². The summed E-state index contributed by atoms with van der Waals surface area (Å²) in [4.78, 5) is 27.5. The number of hydrogen-bond acceptors (Lipinski definition) is 5. The highest BCUT2D eigenvalue weighted by atomic mass is 32.1. The Kier molecular flexibility index (Phi) is 5.29. The second kappa shape index (κ2) is 6.51. The minimum absolute atomic E-state index is 0.279. The molecule has 0 bridgehead atoms. The topological polar surface area (TPSA) is 80.3 Å². The van der Waals surface area contributed by atoms with E-state index in [2.05, 4.69) is 15.6 Å². The standard InChI is InChI=1S/C12H19N3O3S/c1-12(2,3)18-11(17)15-9(10(16)13-4)5-8-6-19-7-14-8/h6-7,9H,5H2,1-4H3,(H,13,16)(H,15,17)/t9-/m0/s1. The summed E-state index contributed by atoms with van der Waals surface area (Å²) >= 11 is 1.44. The molecule has 106 valence electrons. The zero-order valence-electron chi connectivity index (χ0n) is 11.5. The molecule has 1 atom stereocenters. The smallest absolute Gasteiger partial charge is 0.408 e. The molecule has 7 heteroatoms. The van der Waals surface area contributed by atoms with Gasteiger partial charge in [-0.15, -0.1) is 11.3 Å². The summed E-state index contributed by atoms with van der Waals surface area (Å²) in [5, 5.41) is 6.91. The second-order valence-corrected chi connectivity index (χ2v) is 5.72. The van der Waals surface area contributed by atoms with Gasteiger partial charge in [-0.3, -0.25) is 4.79 Å². The first kappa shape index (κ1) is 15.4. The number of amides is 2. The molecule has 0 fully saturated rings. The number of alkyl carbamates (subject to hydrolysis) is 1. The minimum Gasteiger partial charge on any atom is -0.444 e. The Balaban J connectivity index is 2.65. The molecule has 1 rings (SSSR count). The van der Waals surface area contributed by atoms with Gasteiger partial charge in [-0.25, -0.2) is 9.78 Å². The molecular weight excluding hydrogens is 266 g/mol. The van der Waals surface area contributed by atoms with Crippen molar-refractivity contribution in [3.63, 3.8) is 0 Å². The molecule has 0 aliphatic heterocycles. The SMILES string of the molecule is CNC(=O)[C@H](Cc1cscn1)NC(=O)OC(C)(C)C. The van der Waals surface area contributed by atoms with E-state index in [0.29, 0.717) is 6.42 Å². The van der Waals surface area contributed by atoms with Gasteiger partial charge in [-0.05, 0) is 20.8 Å². The van der Waals surface area contributed by atoms with Crippen molar-refractivity contribution >= 4 is 23.3 Å². The van der Waals surface area contributed by atoms with E-state index in [1.165, 1.54) is 18.4 Å². The second-order valence-electron chi connectivity index (χ2n) is 5.00. The molecule has 0 aliphatic rings. The fourth-order valence-corrected chi connectivity index (χ4v) is 1.95. The first-order valence-electron chi connectivity index (χ1n) is 5.90. The van der Waals surface area contributed by atoms with E-state index in [4.69, 9.17) is 4.74 Å². The minimum atomic E-state index is -0.693. The number of hydrogen-bond donors (Lipinski definition) is 2. The van der Waals surface area contributed by atoms with Gasteiger partial charge >= 0.3 is 6.09 Å². The van der Waals surface area contributed by atoms with Crippen LogP contribution >= 0.6 is 11.3 Å². The number of rotatable bonds is 4. The number of aromatic nitrogens is 1. The quantitative estimate of drug-likeness (QED) is 0.874. The third-order valence-electron chi connectivity index (χ3n) is 2.15. The molecule has 2 N–H and O–H groups in total. The molecule has 0 saturated heterocycles. The van der Waals surface area contributed by atoms with Crippen molar-refractivity contribution in [2.75, 3.05) is 7.05 Å². The maximum absolute atomic E-state index is 11.7. The molecule has 19 heavy (non-hydrogen) atoms. The van der Waals surface area contributed by atoms with E-state index < -0.39 is 17.7 Å². The molecule has 0 spiro atoms. The normalized spacial score (nSPS) is 12.6. The third kappa shape index (κ3) is 5.69. The molecule has 1 aromatic heterocycles. The van der Waals surface area contributed by atoms with Crippen LogP contribution in [0.5, 0.6) is 0 Å². The molecule has 0 unspecified atom stereocenters. The maximum atomic E-state index is 11.7. The lowest BCUT2D eigenvalue weighted by Gasteiger charge is -2.22. The number of likely N-dealkylation sites (N-methyl/N-ethyl adjacent to an activating group) is 1. The fraction of sp³-hybridized carbons (Fsp3) is 0.583. The monoisotopic (exact) mass is 285 g/mol. The first-order valence-corrected chi connectivity index (χ1v) is 6.84. The van der Waals surface area contributed by atoms with Crippen molar-refractivity contribution in [1.82, 2.24) is 15.6 Å². The zero-order valence-corrected chi connectivity index (χ0v) is 12.3. The van der Waals surface area contributed by atoms with E-state index in [0.717, 1.165) is 5.69 Å². The first-order chi connectivity index (χ1) is 8.81. The fourth-order valence-electron chi connectivity index (χ4n) is 1.38. The lowest BCUT2D eigenvalue weighted by atomic mass is 10.1. The summed E-state index contributed by atoms with van der Waals surface area (Å²) in [7, 11) is 1.52. The Morgan fingerprint density at radius 3 is 2.63 bits per heavy atom. The largest absolute Gasteiger partial charge is 0.444 e. The summed E-state index contributed by atoms with van der Waals surface area (Å²) in [6.45, 7) is 5.30. The van der Waals surface area contributed by atoms with Gasteiger partial charge in [-0.1, -0.05) is 0 Å². The van der Waals surface area contributed by atoms with Crippen molar-refractivity contribution in [2.45, 2.75) is 38.8 Å². The predicted molar refractivity (Wildman–Crippen MR) is 73.0 cm³/mol. The summed E-state index contributed by atoms with van der Waals surface area (Å²) in [6.07, 6.45) is -0.279. The summed E-state index contributed by atoms with van der Waals surface area (Å²) in [5.41, 5.74) is 1.84. The van der Waals surface area contributed by atoms with Gasteiger partial charge in [0.1, 0.15) is 11.6 Å². The highest BCUT2D eigenvalue weighted by Crippen LogP contribution is 2.08. The Morgan fingerprint density at radius 1 is 1.47 bits per heavy atom. The average Bonchev–Trinajstić information content (AvgIpc) is 2.77. The van der Waals surface area contributed by atoms with Crippen LogP contribution in [0.15, 0.2) is 10.9 Å². The number of nitrogens with one attached hydrogen (secondary N) is 2. The third-order valence-corrected chi connectivity index (χ3v) is 2.79. The molecule has 2 amide bonds. The van der Waals surface area contributed by atoms with Gasteiger partial charge in [0, 0.05) is 18.8 Å². The van der Waals surface area contributed by atoms with E-state index in [-0.39, 0.29) is 5.91 Å². The summed E-state index contributed by atoms with van der Waals surface area (Å²) in [5.74, 6) is -0.279. The van der Waals surface area contributed by atoms with Crippen LogP contribution in [0.3, 0.4) is 0 Å². The van der Waals surface area contributed by atoms with Crippen LogP contribution in [0.2, 0.25) is 0 Å². The Labute approximate surface area is 116 Å². The van der Waals surface area contributed by atoms with Gasteiger partial charge in [-0.2, -0.15) is 0 Å². The average molecular weight is 285 g/mol.